The highest BCUT2D eigenvalue weighted by molar-refractivity contribution is 7.98. The van der Waals surface area contributed by atoms with Crippen molar-refractivity contribution in [1.82, 2.24) is 19.1 Å². The Morgan fingerprint density at radius 3 is 2.44 bits per heavy atom. The molecule has 2 aromatic heterocycles. The van der Waals surface area contributed by atoms with Gasteiger partial charge in [0, 0.05) is 13.6 Å². The van der Waals surface area contributed by atoms with Crippen LogP contribution in [-0.4, -0.2) is 31.6 Å². The van der Waals surface area contributed by atoms with E-state index < -0.39 is 0 Å². The first-order chi connectivity index (χ1) is 8.63. The first-order valence-electron chi connectivity index (χ1n) is 5.30. The van der Waals surface area contributed by atoms with Crippen LogP contribution in [0.1, 0.15) is 0 Å². The maximum absolute atomic E-state index is 12.4. The maximum Gasteiger partial charge on any atom is 0.280 e. The molecule has 0 fully saturated rings. The van der Waals surface area contributed by atoms with Gasteiger partial charge in [-0.15, -0.1) is 6.58 Å². The summed E-state index contributed by atoms with van der Waals surface area (Å²) in [4.78, 5) is 21.2. The first kappa shape index (κ1) is 13.2. The number of allylic oxidation sites excluding steroid dienone is 1. The Morgan fingerprint density at radius 1 is 1.28 bits per heavy atom. The maximum atomic E-state index is 12.4. The Labute approximate surface area is 113 Å². The van der Waals surface area contributed by atoms with Gasteiger partial charge in [0.25, 0.3) is 5.56 Å². The second-order valence-corrected chi connectivity index (χ2v) is 5.18. The molecule has 2 aromatic rings. The number of aromatic nitrogens is 4. The Bertz CT molecular complexity index is 659. The summed E-state index contributed by atoms with van der Waals surface area (Å²) in [7, 11) is 1.83. The largest absolute Gasteiger partial charge is 0.316 e. The molecule has 0 saturated heterocycles. The molecule has 0 atom stereocenters. The van der Waals surface area contributed by atoms with Gasteiger partial charge < -0.3 is 4.57 Å². The average Bonchev–Trinajstić information content (AvgIpc) is 2.69. The van der Waals surface area contributed by atoms with Crippen molar-refractivity contribution in [2.45, 2.75) is 16.9 Å². The zero-order valence-corrected chi connectivity index (χ0v) is 12.1. The summed E-state index contributed by atoms with van der Waals surface area (Å²) in [6.07, 6.45) is 5.52. The van der Waals surface area contributed by atoms with E-state index in [1.807, 2.05) is 19.6 Å². The van der Waals surface area contributed by atoms with Crippen LogP contribution in [0.3, 0.4) is 0 Å². The zero-order valence-electron chi connectivity index (χ0n) is 10.5. The number of thioether (sulfide) groups is 2. The van der Waals surface area contributed by atoms with Crippen LogP contribution in [0, 0.1) is 0 Å². The molecule has 0 aromatic carbocycles. The molecule has 18 heavy (non-hydrogen) atoms. The fraction of sp³-hybridized carbons (Fsp3) is 0.364. The van der Waals surface area contributed by atoms with E-state index in [1.54, 1.807) is 15.2 Å². The van der Waals surface area contributed by atoms with Gasteiger partial charge in [-0.1, -0.05) is 29.6 Å². The molecule has 0 aliphatic carbocycles. The van der Waals surface area contributed by atoms with E-state index in [9.17, 15) is 4.79 Å². The van der Waals surface area contributed by atoms with Gasteiger partial charge in [0.1, 0.15) is 0 Å². The van der Waals surface area contributed by atoms with E-state index in [-0.39, 0.29) is 5.56 Å². The smallest absolute Gasteiger partial charge is 0.280 e. The Hall–Kier alpha value is -1.21. The van der Waals surface area contributed by atoms with Crippen molar-refractivity contribution < 1.29 is 0 Å². The molecule has 0 aliphatic heterocycles. The highest BCUT2D eigenvalue weighted by Gasteiger charge is 2.16. The van der Waals surface area contributed by atoms with Crippen molar-refractivity contribution in [3.05, 3.63) is 23.0 Å². The summed E-state index contributed by atoms with van der Waals surface area (Å²) >= 11 is 2.93. The number of fused-ring (bicyclic) bond motifs is 1. The molecular formula is C11H14N4OS2. The van der Waals surface area contributed by atoms with Gasteiger partial charge in [0.15, 0.2) is 21.5 Å². The molecule has 96 valence electrons. The minimum Gasteiger partial charge on any atom is -0.316 e. The third-order valence-electron chi connectivity index (χ3n) is 2.59. The summed E-state index contributed by atoms with van der Waals surface area (Å²) in [6, 6.07) is 0. The summed E-state index contributed by atoms with van der Waals surface area (Å²) in [5.41, 5.74) is 0.982. The summed E-state index contributed by atoms with van der Waals surface area (Å²) < 4.78 is 3.41. The Balaban J connectivity index is 2.85. The standard InChI is InChI=1S/C11H14N4OS2/c1-5-6-15-9(16)7-8(13-11(15)18-4)12-10(17-3)14(7)2/h5H,1,6H2,2-4H3. The molecule has 2 heterocycles. The summed E-state index contributed by atoms with van der Waals surface area (Å²) in [5, 5.41) is 1.45. The summed E-state index contributed by atoms with van der Waals surface area (Å²) in [6.45, 7) is 4.13. The number of hydrogen-bond donors (Lipinski definition) is 0. The van der Waals surface area contributed by atoms with Crippen molar-refractivity contribution in [2.75, 3.05) is 12.5 Å². The lowest BCUT2D eigenvalue weighted by Crippen LogP contribution is -2.24. The van der Waals surface area contributed by atoms with E-state index >= 15 is 0 Å². The number of imidazole rings is 1. The SMILES string of the molecule is C=CCn1c(SC)nc2nc(SC)n(C)c2c1=O. The second-order valence-electron chi connectivity index (χ2n) is 3.63. The molecule has 0 radical (unpaired) electrons. The van der Waals surface area contributed by atoms with Crippen LogP contribution in [0.2, 0.25) is 0 Å². The first-order valence-corrected chi connectivity index (χ1v) is 7.75. The van der Waals surface area contributed by atoms with Gasteiger partial charge >= 0.3 is 0 Å². The van der Waals surface area contributed by atoms with E-state index in [4.69, 9.17) is 0 Å². The number of hydrogen-bond acceptors (Lipinski definition) is 5. The molecule has 0 unspecified atom stereocenters. The third kappa shape index (κ3) is 1.97. The monoisotopic (exact) mass is 282 g/mol. The zero-order chi connectivity index (χ0) is 13.3. The van der Waals surface area contributed by atoms with Gasteiger partial charge in [-0.2, -0.15) is 0 Å². The Kier molecular flexibility index (Phi) is 3.82. The topological polar surface area (TPSA) is 52.7 Å². The van der Waals surface area contributed by atoms with Crippen molar-refractivity contribution in [1.29, 1.82) is 0 Å². The van der Waals surface area contributed by atoms with E-state index in [2.05, 4.69) is 16.5 Å². The number of rotatable bonds is 4. The summed E-state index contributed by atoms with van der Waals surface area (Å²) in [5.74, 6) is 0. The lowest BCUT2D eigenvalue weighted by molar-refractivity contribution is 0.666. The highest BCUT2D eigenvalue weighted by Crippen LogP contribution is 2.19. The van der Waals surface area contributed by atoms with E-state index in [1.165, 1.54) is 23.5 Å². The van der Waals surface area contributed by atoms with Crippen LogP contribution in [0.25, 0.3) is 11.2 Å². The average molecular weight is 282 g/mol. The highest BCUT2D eigenvalue weighted by atomic mass is 32.2. The fourth-order valence-electron chi connectivity index (χ4n) is 1.78. The predicted octanol–water partition coefficient (Wildman–Crippen LogP) is 1.76. The molecule has 0 amide bonds. The second kappa shape index (κ2) is 5.19. The van der Waals surface area contributed by atoms with Crippen molar-refractivity contribution in [3.63, 3.8) is 0 Å². The fourth-order valence-corrected chi connectivity index (χ4v) is 2.87. The van der Waals surface area contributed by atoms with Crippen LogP contribution in [0.4, 0.5) is 0 Å². The predicted molar refractivity (Wildman–Crippen MR) is 76.5 cm³/mol. The van der Waals surface area contributed by atoms with Crippen LogP contribution in [0.5, 0.6) is 0 Å². The number of aryl methyl sites for hydroxylation is 1. The molecule has 0 bridgehead atoms. The molecule has 0 N–H and O–H groups in total. The van der Waals surface area contributed by atoms with Crippen LogP contribution in [-0.2, 0) is 13.6 Å². The van der Waals surface area contributed by atoms with Crippen molar-refractivity contribution >= 4 is 34.7 Å². The van der Waals surface area contributed by atoms with Gasteiger partial charge in [0.2, 0.25) is 0 Å². The molecule has 2 rings (SSSR count). The molecule has 7 heteroatoms. The van der Waals surface area contributed by atoms with Gasteiger partial charge in [-0.05, 0) is 12.5 Å². The normalized spacial score (nSPS) is 11.1. The minimum atomic E-state index is -0.0699. The van der Waals surface area contributed by atoms with E-state index in [0.717, 1.165) is 5.16 Å². The van der Waals surface area contributed by atoms with Crippen LogP contribution < -0.4 is 5.56 Å². The molecule has 5 nitrogen and oxygen atoms in total. The van der Waals surface area contributed by atoms with Gasteiger partial charge in [-0.3, -0.25) is 9.36 Å². The van der Waals surface area contributed by atoms with E-state index in [0.29, 0.717) is 22.9 Å². The molecule has 0 spiro atoms. The van der Waals surface area contributed by atoms with Crippen molar-refractivity contribution in [3.8, 4) is 0 Å². The minimum absolute atomic E-state index is 0.0699. The lowest BCUT2D eigenvalue weighted by Gasteiger charge is -2.07. The van der Waals surface area contributed by atoms with Crippen LogP contribution >= 0.6 is 23.5 Å². The Morgan fingerprint density at radius 2 is 1.89 bits per heavy atom. The van der Waals surface area contributed by atoms with Gasteiger partial charge in [0.05, 0.1) is 0 Å². The van der Waals surface area contributed by atoms with Gasteiger partial charge in [-0.25, -0.2) is 9.97 Å². The lowest BCUT2D eigenvalue weighted by atomic mass is 10.5. The quantitative estimate of drug-likeness (QED) is 0.486. The third-order valence-corrected chi connectivity index (χ3v) is 4.00. The molecule has 0 aliphatic rings. The van der Waals surface area contributed by atoms with Crippen LogP contribution in [0.15, 0.2) is 27.8 Å². The number of nitrogens with zero attached hydrogens (tertiary/aromatic N) is 4. The van der Waals surface area contributed by atoms with Crippen molar-refractivity contribution in [2.24, 2.45) is 7.05 Å². The molecule has 0 saturated carbocycles. The molecular weight excluding hydrogens is 268 g/mol.